The molecule has 1 heterocycles. The summed E-state index contributed by atoms with van der Waals surface area (Å²) in [5, 5.41) is 0. The van der Waals surface area contributed by atoms with Crippen LogP contribution in [0.4, 0.5) is 0 Å². The first-order valence-electron chi connectivity index (χ1n) is 8.46. The Hall–Kier alpha value is -2.09. The smallest absolute Gasteiger partial charge is 0.240 e. The molecule has 0 radical (unpaired) electrons. The van der Waals surface area contributed by atoms with Gasteiger partial charge in [0, 0.05) is 19.0 Å². The highest BCUT2D eigenvalue weighted by Crippen LogP contribution is 2.28. The van der Waals surface area contributed by atoms with Crippen molar-refractivity contribution in [1.29, 1.82) is 0 Å². The lowest BCUT2D eigenvalue weighted by Crippen LogP contribution is -2.34. The van der Waals surface area contributed by atoms with E-state index in [1.54, 1.807) is 25.3 Å². The molecule has 26 heavy (non-hydrogen) atoms. The van der Waals surface area contributed by atoms with Crippen LogP contribution >= 0.6 is 0 Å². The van der Waals surface area contributed by atoms with Crippen LogP contribution in [0.1, 0.15) is 17.2 Å². The second kappa shape index (κ2) is 7.65. The van der Waals surface area contributed by atoms with Gasteiger partial charge in [0.25, 0.3) is 0 Å². The van der Waals surface area contributed by atoms with Gasteiger partial charge >= 0.3 is 0 Å². The molecule has 0 bridgehead atoms. The van der Waals surface area contributed by atoms with Gasteiger partial charge in [-0.3, -0.25) is 0 Å². The zero-order valence-corrected chi connectivity index (χ0v) is 16.0. The number of hydrogen-bond donors (Lipinski definition) is 1. The molecule has 1 atom stereocenters. The molecule has 3 rings (SSSR count). The van der Waals surface area contributed by atoms with Gasteiger partial charge in [-0.05, 0) is 55.6 Å². The molecular weight excluding hydrogens is 352 g/mol. The van der Waals surface area contributed by atoms with Crippen molar-refractivity contribution in [3.8, 4) is 11.5 Å². The lowest BCUT2D eigenvalue weighted by molar-refractivity contribution is 0.298. The monoisotopic (exact) mass is 376 g/mol. The van der Waals surface area contributed by atoms with E-state index in [0.717, 1.165) is 29.0 Å². The fourth-order valence-electron chi connectivity index (χ4n) is 3.05. The molecule has 0 amide bonds. The minimum Gasteiger partial charge on any atom is -0.497 e. The molecule has 0 aromatic heterocycles. The zero-order valence-electron chi connectivity index (χ0n) is 15.2. The maximum Gasteiger partial charge on any atom is 0.240 e. The lowest BCUT2D eigenvalue weighted by atomic mass is 10.1. The quantitative estimate of drug-likeness (QED) is 0.802. The summed E-state index contributed by atoms with van der Waals surface area (Å²) in [6, 6.07) is 12.6. The number of fused-ring (bicyclic) bond motifs is 1. The standard InChI is InChI=1S/C19H24N2O4S/c1-21(2)18(14-5-4-6-16(11-14)24-3)13-20-26(22,23)17-7-8-19-15(12-17)9-10-25-19/h4-8,11-12,18,20H,9-10,13H2,1-3H3/t18-/m1/s1. The number of hydrogen-bond acceptors (Lipinski definition) is 5. The molecule has 2 aromatic rings. The highest BCUT2D eigenvalue weighted by Gasteiger charge is 2.22. The minimum absolute atomic E-state index is 0.113. The van der Waals surface area contributed by atoms with Gasteiger partial charge in [-0.15, -0.1) is 0 Å². The van der Waals surface area contributed by atoms with Crippen molar-refractivity contribution in [2.24, 2.45) is 0 Å². The summed E-state index contributed by atoms with van der Waals surface area (Å²) >= 11 is 0. The Bertz CT molecular complexity index is 881. The summed E-state index contributed by atoms with van der Waals surface area (Å²) in [7, 11) is 1.86. The molecule has 0 unspecified atom stereocenters. The van der Waals surface area contributed by atoms with E-state index in [9.17, 15) is 8.42 Å². The van der Waals surface area contributed by atoms with Crippen LogP contribution in [0.15, 0.2) is 47.4 Å². The van der Waals surface area contributed by atoms with Gasteiger partial charge in [-0.1, -0.05) is 12.1 Å². The number of sulfonamides is 1. The van der Waals surface area contributed by atoms with E-state index in [4.69, 9.17) is 9.47 Å². The molecule has 6 nitrogen and oxygen atoms in total. The van der Waals surface area contributed by atoms with E-state index < -0.39 is 10.0 Å². The van der Waals surface area contributed by atoms with Crippen LogP contribution in [0.25, 0.3) is 0 Å². The normalized spacial score (nSPS) is 14.8. The van der Waals surface area contributed by atoms with Crippen LogP contribution in [0, 0.1) is 0 Å². The van der Waals surface area contributed by atoms with Gasteiger partial charge in [-0.2, -0.15) is 0 Å². The molecule has 1 aliphatic heterocycles. The van der Waals surface area contributed by atoms with Gasteiger partial charge in [0.05, 0.1) is 18.6 Å². The Labute approximate surface area is 154 Å². The third-order valence-electron chi connectivity index (χ3n) is 4.54. The van der Waals surface area contributed by atoms with Crippen LogP contribution in [0.3, 0.4) is 0 Å². The molecule has 2 aromatic carbocycles. The molecular formula is C19H24N2O4S. The minimum atomic E-state index is -3.60. The van der Waals surface area contributed by atoms with Crippen molar-refractivity contribution in [2.75, 3.05) is 34.4 Å². The van der Waals surface area contributed by atoms with Crippen molar-refractivity contribution in [3.05, 3.63) is 53.6 Å². The summed E-state index contributed by atoms with van der Waals surface area (Å²) in [4.78, 5) is 2.25. The van der Waals surface area contributed by atoms with E-state index >= 15 is 0 Å². The topological polar surface area (TPSA) is 67.9 Å². The average Bonchev–Trinajstić information content (AvgIpc) is 3.09. The van der Waals surface area contributed by atoms with Crippen LogP contribution in [-0.4, -0.2) is 47.7 Å². The molecule has 0 saturated carbocycles. The van der Waals surface area contributed by atoms with Crippen molar-refractivity contribution in [3.63, 3.8) is 0 Å². The molecule has 0 spiro atoms. The van der Waals surface area contributed by atoms with Crippen molar-refractivity contribution >= 4 is 10.0 Å². The largest absolute Gasteiger partial charge is 0.497 e. The van der Waals surface area contributed by atoms with Gasteiger partial charge in [-0.25, -0.2) is 13.1 Å². The van der Waals surface area contributed by atoms with E-state index in [-0.39, 0.29) is 17.5 Å². The Morgan fingerprint density at radius 2 is 2.04 bits per heavy atom. The fraction of sp³-hybridized carbons (Fsp3) is 0.368. The summed E-state index contributed by atoms with van der Waals surface area (Å²) < 4.78 is 38.9. The second-order valence-electron chi connectivity index (χ2n) is 6.48. The SMILES string of the molecule is COc1cccc([C@@H](CNS(=O)(=O)c2ccc3c(c2)CCO3)N(C)C)c1. The third kappa shape index (κ3) is 4.00. The van der Waals surface area contributed by atoms with Gasteiger partial charge in [0.15, 0.2) is 0 Å². The molecule has 0 saturated heterocycles. The van der Waals surface area contributed by atoms with Crippen LogP contribution < -0.4 is 14.2 Å². The Kier molecular flexibility index (Phi) is 5.50. The molecule has 0 aliphatic carbocycles. The number of ether oxygens (including phenoxy) is 2. The van der Waals surface area contributed by atoms with Gasteiger partial charge in [0.2, 0.25) is 10.0 Å². The predicted molar refractivity (Wildman–Crippen MR) is 100 cm³/mol. The maximum atomic E-state index is 12.7. The fourth-order valence-corrected chi connectivity index (χ4v) is 4.14. The Balaban J connectivity index is 1.78. The Morgan fingerprint density at radius 3 is 2.77 bits per heavy atom. The predicted octanol–water partition coefficient (Wildman–Crippen LogP) is 2.21. The number of methoxy groups -OCH3 is 1. The second-order valence-corrected chi connectivity index (χ2v) is 8.24. The van der Waals surface area contributed by atoms with Gasteiger partial charge < -0.3 is 14.4 Å². The zero-order chi connectivity index (χ0) is 18.7. The first kappa shape index (κ1) is 18.7. The number of benzene rings is 2. The number of nitrogens with one attached hydrogen (secondary N) is 1. The molecule has 0 fully saturated rings. The highest BCUT2D eigenvalue weighted by atomic mass is 32.2. The van der Waals surface area contributed by atoms with E-state index in [1.165, 1.54) is 0 Å². The van der Waals surface area contributed by atoms with Crippen LogP contribution in [0.2, 0.25) is 0 Å². The lowest BCUT2D eigenvalue weighted by Gasteiger charge is -2.25. The first-order valence-corrected chi connectivity index (χ1v) is 9.95. The average molecular weight is 376 g/mol. The number of likely N-dealkylation sites (N-methyl/N-ethyl adjacent to an activating group) is 1. The molecule has 7 heteroatoms. The number of nitrogens with zero attached hydrogens (tertiary/aromatic N) is 1. The summed E-state index contributed by atoms with van der Waals surface area (Å²) in [6.45, 7) is 0.862. The Morgan fingerprint density at radius 1 is 1.23 bits per heavy atom. The molecule has 1 aliphatic rings. The van der Waals surface area contributed by atoms with Crippen molar-refractivity contribution in [1.82, 2.24) is 9.62 Å². The first-order chi connectivity index (χ1) is 12.4. The maximum absolute atomic E-state index is 12.7. The summed E-state index contributed by atoms with van der Waals surface area (Å²) in [5.41, 5.74) is 1.92. The number of rotatable bonds is 7. The summed E-state index contributed by atoms with van der Waals surface area (Å²) in [6.07, 6.45) is 0.739. The summed E-state index contributed by atoms with van der Waals surface area (Å²) in [5.74, 6) is 1.52. The van der Waals surface area contributed by atoms with Crippen molar-refractivity contribution in [2.45, 2.75) is 17.4 Å². The van der Waals surface area contributed by atoms with Gasteiger partial charge in [0.1, 0.15) is 11.5 Å². The van der Waals surface area contributed by atoms with Crippen LogP contribution in [-0.2, 0) is 16.4 Å². The molecule has 140 valence electrons. The van der Waals surface area contributed by atoms with E-state index in [1.807, 2.05) is 43.3 Å². The molecule has 1 N–H and O–H groups in total. The van der Waals surface area contributed by atoms with Crippen LogP contribution in [0.5, 0.6) is 11.5 Å². The van der Waals surface area contributed by atoms with Crippen molar-refractivity contribution < 1.29 is 17.9 Å². The highest BCUT2D eigenvalue weighted by molar-refractivity contribution is 7.89. The third-order valence-corrected chi connectivity index (χ3v) is 5.96. The van der Waals surface area contributed by atoms with E-state index in [2.05, 4.69) is 4.72 Å². The van der Waals surface area contributed by atoms with E-state index in [0.29, 0.717) is 6.61 Å².